The van der Waals surface area contributed by atoms with Crippen LogP contribution in [0.3, 0.4) is 0 Å². The molecule has 0 radical (unpaired) electrons. The van der Waals surface area contributed by atoms with Gasteiger partial charge in [-0.1, -0.05) is 48.5 Å². The van der Waals surface area contributed by atoms with Crippen molar-refractivity contribution in [2.45, 2.75) is 6.42 Å². The standard InChI is InChI=1S/C13H10.C4H5N/c1-3-7-12-10(5-1)9-11-6-2-4-8-13(11)12;1-2-4-5-3-1/h1-8H,9H2;1-5H. The van der Waals surface area contributed by atoms with Crippen molar-refractivity contribution < 1.29 is 0 Å². The molecule has 0 unspecified atom stereocenters. The molecular weight excluding hydrogens is 218 g/mol. The highest BCUT2D eigenvalue weighted by atomic mass is 14.6. The van der Waals surface area contributed by atoms with Crippen molar-refractivity contribution >= 4 is 0 Å². The number of nitrogens with one attached hydrogen (secondary N) is 1. The molecule has 0 saturated heterocycles. The predicted molar refractivity (Wildman–Crippen MR) is 75.5 cm³/mol. The van der Waals surface area contributed by atoms with Gasteiger partial charge in [0.1, 0.15) is 0 Å². The molecule has 0 bridgehead atoms. The molecule has 0 atom stereocenters. The Labute approximate surface area is 107 Å². The second-order valence-corrected chi connectivity index (χ2v) is 4.38. The summed E-state index contributed by atoms with van der Waals surface area (Å²) in [6.45, 7) is 0. The van der Waals surface area contributed by atoms with E-state index in [1.165, 1.54) is 22.3 Å². The maximum atomic E-state index is 2.86. The third-order valence-corrected chi connectivity index (χ3v) is 3.20. The number of benzene rings is 2. The second kappa shape index (κ2) is 4.92. The van der Waals surface area contributed by atoms with Gasteiger partial charge < -0.3 is 4.98 Å². The van der Waals surface area contributed by atoms with Crippen LogP contribution in [0.2, 0.25) is 0 Å². The largest absolute Gasteiger partial charge is 0.368 e. The molecule has 0 amide bonds. The zero-order valence-corrected chi connectivity index (χ0v) is 10.1. The van der Waals surface area contributed by atoms with Crippen LogP contribution in [0.15, 0.2) is 73.1 Å². The summed E-state index contributed by atoms with van der Waals surface area (Å²) in [7, 11) is 0. The van der Waals surface area contributed by atoms with Gasteiger partial charge >= 0.3 is 0 Å². The number of fused-ring (bicyclic) bond motifs is 3. The summed E-state index contributed by atoms with van der Waals surface area (Å²) in [5, 5.41) is 0. The summed E-state index contributed by atoms with van der Waals surface area (Å²) >= 11 is 0. The summed E-state index contributed by atoms with van der Waals surface area (Å²) in [6.07, 6.45) is 4.85. The molecule has 0 fully saturated rings. The zero-order valence-electron chi connectivity index (χ0n) is 10.1. The first-order valence-electron chi connectivity index (χ1n) is 6.19. The molecule has 1 N–H and O–H groups in total. The Morgan fingerprint density at radius 2 is 1.11 bits per heavy atom. The normalized spacial score (nSPS) is 11.1. The van der Waals surface area contributed by atoms with E-state index < -0.39 is 0 Å². The maximum absolute atomic E-state index is 2.86. The summed E-state index contributed by atoms with van der Waals surface area (Å²) in [5.41, 5.74) is 5.75. The van der Waals surface area contributed by atoms with Gasteiger partial charge in [-0.15, -0.1) is 0 Å². The van der Waals surface area contributed by atoms with Gasteiger partial charge in [0.15, 0.2) is 0 Å². The number of aromatic amines is 1. The van der Waals surface area contributed by atoms with Gasteiger partial charge in [-0.3, -0.25) is 0 Å². The summed E-state index contributed by atoms with van der Waals surface area (Å²) in [6, 6.07) is 21.2. The number of aromatic nitrogens is 1. The Bertz CT molecular complexity index is 563. The van der Waals surface area contributed by atoms with Crippen molar-refractivity contribution in [3.05, 3.63) is 84.2 Å². The Morgan fingerprint density at radius 1 is 0.611 bits per heavy atom. The molecule has 88 valence electrons. The molecule has 1 aromatic heterocycles. The van der Waals surface area contributed by atoms with Gasteiger partial charge in [0.25, 0.3) is 0 Å². The van der Waals surface area contributed by atoms with E-state index in [4.69, 9.17) is 0 Å². The zero-order chi connectivity index (χ0) is 12.2. The van der Waals surface area contributed by atoms with Gasteiger partial charge in [0, 0.05) is 12.4 Å². The Morgan fingerprint density at radius 3 is 1.56 bits per heavy atom. The minimum Gasteiger partial charge on any atom is -0.368 e. The molecule has 1 heteroatoms. The molecule has 0 aliphatic heterocycles. The van der Waals surface area contributed by atoms with Crippen LogP contribution in [0.5, 0.6) is 0 Å². The number of rotatable bonds is 0. The highest BCUT2D eigenvalue weighted by molar-refractivity contribution is 5.76. The van der Waals surface area contributed by atoms with E-state index in [2.05, 4.69) is 53.5 Å². The molecule has 0 saturated carbocycles. The smallest absolute Gasteiger partial charge is 0.000496 e. The Hall–Kier alpha value is -2.28. The molecular formula is C17H15N. The van der Waals surface area contributed by atoms with Crippen LogP contribution in [-0.4, -0.2) is 4.98 Å². The van der Waals surface area contributed by atoms with E-state index >= 15 is 0 Å². The predicted octanol–water partition coefficient (Wildman–Crippen LogP) is 4.27. The molecule has 1 heterocycles. The van der Waals surface area contributed by atoms with Crippen LogP contribution >= 0.6 is 0 Å². The highest BCUT2D eigenvalue weighted by Gasteiger charge is 2.15. The van der Waals surface area contributed by atoms with Gasteiger partial charge in [-0.25, -0.2) is 0 Å². The van der Waals surface area contributed by atoms with E-state index in [0.717, 1.165) is 6.42 Å². The SMILES string of the molecule is c1cc[nH]c1.c1ccc2c(c1)Cc1ccccc1-2. The summed E-state index contributed by atoms with van der Waals surface area (Å²) in [5.74, 6) is 0. The molecule has 3 aromatic rings. The first kappa shape index (κ1) is 10.8. The van der Waals surface area contributed by atoms with Crippen LogP contribution in [0.4, 0.5) is 0 Å². The van der Waals surface area contributed by atoms with E-state index in [1.54, 1.807) is 0 Å². The molecule has 2 aromatic carbocycles. The lowest BCUT2D eigenvalue weighted by molar-refractivity contribution is 1.26. The third-order valence-electron chi connectivity index (χ3n) is 3.20. The fourth-order valence-corrected chi connectivity index (χ4v) is 2.36. The molecule has 1 nitrogen and oxygen atoms in total. The fourth-order valence-electron chi connectivity index (χ4n) is 2.36. The van der Waals surface area contributed by atoms with Crippen molar-refractivity contribution in [1.29, 1.82) is 0 Å². The fraction of sp³-hybridized carbons (Fsp3) is 0.0588. The minimum absolute atomic E-state index is 1.10. The molecule has 0 spiro atoms. The van der Waals surface area contributed by atoms with Crippen molar-refractivity contribution in [2.24, 2.45) is 0 Å². The van der Waals surface area contributed by atoms with Crippen LogP contribution in [0.1, 0.15) is 11.1 Å². The lowest BCUT2D eigenvalue weighted by atomic mass is 10.1. The number of hydrogen-bond donors (Lipinski definition) is 1. The average molecular weight is 233 g/mol. The molecule has 18 heavy (non-hydrogen) atoms. The third kappa shape index (κ3) is 2.07. The van der Waals surface area contributed by atoms with Crippen LogP contribution in [0.25, 0.3) is 11.1 Å². The van der Waals surface area contributed by atoms with Crippen molar-refractivity contribution in [2.75, 3.05) is 0 Å². The lowest BCUT2D eigenvalue weighted by Crippen LogP contribution is -1.77. The number of hydrogen-bond acceptors (Lipinski definition) is 0. The molecule has 1 aliphatic rings. The van der Waals surface area contributed by atoms with Crippen LogP contribution < -0.4 is 0 Å². The van der Waals surface area contributed by atoms with E-state index in [9.17, 15) is 0 Å². The summed E-state index contributed by atoms with van der Waals surface area (Å²) < 4.78 is 0. The minimum atomic E-state index is 1.10. The van der Waals surface area contributed by atoms with Crippen LogP contribution in [-0.2, 0) is 6.42 Å². The Kier molecular flexibility index (Phi) is 2.97. The van der Waals surface area contributed by atoms with Gasteiger partial charge in [-0.05, 0) is 40.8 Å². The second-order valence-electron chi connectivity index (χ2n) is 4.38. The monoisotopic (exact) mass is 233 g/mol. The lowest BCUT2D eigenvalue weighted by Gasteiger charge is -1.98. The first-order valence-corrected chi connectivity index (χ1v) is 6.19. The average Bonchev–Trinajstić information content (AvgIpc) is 3.10. The van der Waals surface area contributed by atoms with Crippen LogP contribution in [0, 0.1) is 0 Å². The van der Waals surface area contributed by atoms with E-state index in [0.29, 0.717) is 0 Å². The van der Waals surface area contributed by atoms with Gasteiger partial charge in [0.05, 0.1) is 0 Å². The topological polar surface area (TPSA) is 15.8 Å². The summed E-state index contributed by atoms with van der Waals surface area (Å²) in [4.78, 5) is 2.86. The first-order chi connectivity index (χ1) is 8.95. The maximum Gasteiger partial charge on any atom is 0.000496 e. The number of H-pyrrole nitrogens is 1. The van der Waals surface area contributed by atoms with Gasteiger partial charge in [-0.2, -0.15) is 0 Å². The van der Waals surface area contributed by atoms with E-state index in [1.807, 2.05) is 24.5 Å². The quantitative estimate of drug-likeness (QED) is 0.467. The van der Waals surface area contributed by atoms with Crippen molar-refractivity contribution in [3.63, 3.8) is 0 Å². The highest BCUT2D eigenvalue weighted by Crippen LogP contribution is 2.35. The van der Waals surface area contributed by atoms with E-state index in [-0.39, 0.29) is 0 Å². The van der Waals surface area contributed by atoms with Gasteiger partial charge in [0.2, 0.25) is 0 Å². The molecule has 1 aliphatic carbocycles. The van der Waals surface area contributed by atoms with Crippen molar-refractivity contribution in [3.8, 4) is 11.1 Å². The van der Waals surface area contributed by atoms with Crippen molar-refractivity contribution in [1.82, 2.24) is 4.98 Å². The molecule has 4 rings (SSSR count). The Balaban J connectivity index is 0.000000169.